The molecule has 1 aromatic rings. The molecule has 2 heterocycles. The van der Waals surface area contributed by atoms with Gasteiger partial charge in [0.2, 0.25) is 5.91 Å². The van der Waals surface area contributed by atoms with Crippen LogP contribution in [0.3, 0.4) is 0 Å². The molecule has 2 aliphatic rings. The Kier molecular flexibility index (Phi) is 4.11. The van der Waals surface area contributed by atoms with E-state index in [1.54, 1.807) is 12.2 Å². The summed E-state index contributed by atoms with van der Waals surface area (Å²) in [6.07, 6.45) is 3.28. The van der Waals surface area contributed by atoms with Crippen molar-refractivity contribution in [3.8, 4) is 5.75 Å². The fourth-order valence-corrected chi connectivity index (χ4v) is 2.79. The van der Waals surface area contributed by atoms with E-state index in [-0.39, 0.29) is 12.5 Å². The lowest BCUT2D eigenvalue weighted by molar-refractivity contribution is -0.147. The number of carbonyl (C=O) groups excluding carboxylic acids is 1. The highest BCUT2D eigenvalue weighted by Crippen LogP contribution is 2.22. The number of amides is 1. The molecule has 6 heteroatoms. The minimum Gasteiger partial charge on any atom is -0.492 e. The van der Waals surface area contributed by atoms with Crippen LogP contribution in [0.25, 0.3) is 0 Å². The summed E-state index contributed by atoms with van der Waals surface area (Å²) in [6.45, 7) is 2.34. The Bertz CT molecular complexity index is 614. The van der Waals surface area contributed by atoms with Crippen molar-refractivity contribution in [2.45, 2.75) is 12.6 Å². The van der Waals surface area contributed by atoms with Crippen molar-refractivity contribution in [3.05, 3.63) is 42.0 Å². The quantitative estimate of drug-likeness (QED) is 0.834. The third-order valence-corrected chi connectivity index (χ3v) is 3.92. The van der Waals surface area contributed by atoms with Crippen LogP contribution >= 0.6 is 0 Å². The van der Waals surface area contributed by atoms with E-state index >= 15 is 0 Å². The maximum absolute atomic E-state index is 12.4. The Balaban J connectivity index is 1.66. The van der Waals surface area contributed by atoms with E-state index in [1.165, 1.54) is 4.90 Å². The molecular formula is C16H18N2O4. The van der Waals surface area contributed by atoms with Gasteiger partial charge in [-0.15, -0.1) is 0 Å². The highest BCUT2D eigenvalue weighted by molar-refractivity contribution is 5.87. The highest BCUT2D eigenvalue weighted by Gasteiger charge is 2.31. The molecule has 0 aromatic heterocycles. The second-order valence-corrected chi connectivity index (χ2v) is 5.42. The Morgan fingerprint density at radius 3 is 2.95 bits per heavy atom. The van der Waals surface area contributed by atoms with E-state index < -0.39 is 12.0 Å². The van der Waals surface area contributed by atoms with Gasteiger partial charge in [0.15, 0.2) is 0 Å². The predicted molar refractivity (Wildman–Crippen MR) is 79.5 cm³/mol. The molecule has 0 saturated carbocycles. The summed E-state index contributed by atoms with van der Waals surface area (Å²) in [5, 5.41) is 9.13. The zero-order valence-corrected chi connectivity index (χ0v) is 12.1. The lowest BCUT2D eigenvalue weighted by Crippen LogP contribution is -2.46. The van der Waals surface area contributed by atoms with Gasteiger partial charge in [-0.3, -0.25) is 9.69 Å². The summed E-state index contributed by atoms with van der Waals surface area (Å²) in [5.41, 5.74) is 1.04. The number of carboxylic acids is 1. The molecule has 22 heavy (non-hydrogen) atoms. The van der Waals surface area contributed by atoms with E-state index in [0.29, 0.717) is 26.2 Å². The van der Waals surface area contributed by atoms with Crippen LogP contribution in [-0.4, -0.2) is 59.1 Å². The van der Waals surface area contributed by atoms with Crippen molar-refractivity contribution in [1.82, 2.24) is 9.80 Å². The number of benzene rings is 1. The van der Waals surface area contributed by atoms with Gasteiger partial charge in [0.05, 0.1) is 6.54 Å². The average Bonchev–Trinajstić information content (AvgIpc) is 2.90. The molecule has 0 radical (unpaired) electrons. The first-order valence-corrected chi connectivity index (χ1v) is 7.27. The summed E-state index contributed by atoms with van der Waals surface area (Å²) in [5.74, 6) is -0.313. The third-order valence-electron chi connectivity index (χ3n) is 3.92. The zero-order chi connectivity index (χ0) is 15.5. The molecule has 3 rings (SSSR count). The average molecular weight is 302 g/mol. The monoisotopic (exact) mass is 302 g/mol. The van der Waals surface area contributed by atoms with Crippen molar-refractivity contribution in [2.75, 3.05) is 26.2 Å². The molecule has 0 fully saturated rings. The van der Waals surface area contributed by atoms with Crippen LogP contribution in [-0.2, 0) is 16.1 Å². The summed E-state index contributed by atoms with van der Waals surface area (Å²) >= 11 is 0. The van der Waals surface area contributed by atoms with Gasteiger partial charge in [-0.1, -0.05) is 30.4 Å². The molecule has 116 valence electrons. The van der Waals surface area contributed by atoms with Gasteiger partial charge >= 0.3 is 5.97 Å². The number of hydrogen-bond donors (Lipinski definition) is 1. The Labute approximate surface area is 128 Å². The Morgan fingerprint density at radius 1 is 1.32 bits per heavy atom. The van der Waals surface area contributed by atoms with E-state index in [1.807, 2.05) is 29.2 Å². The zero-order valence-electron chi connectivity index (χ0n) is 12.1. The first-order chi connectivity index (χ1) is 10.6. The molecule has 0 spiro atoms. The van der Waals surface area contributed by atoms with Gasteiger partial charge < -0.3 is 14.7 Å². The summed E-state index contributed by atoms with van der Waals surface area (Å²) in [7, 11) is 0. The van der Waals surface area contributed by atoms with E-state index in [9.17, 15) is 9.59 Å². The number of fused-ring (bicyclic) bond motifs is 1. The second-order valence-electron chi connectivity index (χ2n) is 5.42. The molecule has 6 nitrogen and oxygen atoms in total. The van der Waals surface area contributed by atoms with E-state index in [0.717, 1.165) is 11.3 Å². The van der Waals surface area contributed by atoms with Crippen molar-refractivity contribution >= 4 is 11.9 Å². The molecular weight excluding hydrogens is 284 g/mol. The molecule has 0 unspecified atom stereocenters. The molecule has 1 N–H and O–H groups in total. The number of nitrogens with zero attached hydrogens (tertiary/aromatic N) is 2. The van der Waals surface area contributed by atoms with Crippen LogP contribution in [0.2, 0.25) is 0 Å². The van der Waals surface area contributed by atoms with Gasteiger partial charge in [-0.25, -0.2) is 4.79 Å². The Hall–Kier alpha value is -2.34. The Morgan fingerprint density at radius 2 is 2.14 bits per heavy atom. The number of hydrogen-bond acceptors (Lipinski definition) is 4. The number of carbonyl (C=O) groups is 2. The van der Waals surface area contributed by atoms with E-state index in [2.05, 4.69) is 0 Å². The van der Waals surface area contributed by atoms with Gasteiger partial charge in [-0.05, 0) is 6.07 Å². The maximum Gasteiger partial charge on any atom is 0.330 e. The largest absolute Gasteiger partial charge is 0.492 e. The second kappa shape index (κ2) is 6.19. The van der Waals surface area contributed by atoms with Crippen molar-refractivity contribution in [1.29, 1.82) is 0 Å². The summed E-state index contributed by atoms with van der Waals surface area (Å²) < 4.78 is 5.67. The molecule has 1 amide bonds. The van der Waals surface area contributed by atoms with Gasteiger partial charge in [0.1, 0.15) is 18.4 Å². The number of rotatable bonds is 3. The fourth-order valence-electron chi connectivity index (χ4n) is 2.79. The van der Waals surface area contributed by atoms with Crippen LogP contribution in [0.5, 0.6) is 5.75 Å². The first-order valence-electron chi connectivity index (χ1n) is 7.27. The number of para-hydroxylation sites is 1. The minimum atomic E-state index is -0.994. The molecule has 0 bridgehead atoms. The lowest BCUT2D eigenvalue weighted by Gasteiger charge is -2.25. The summed E-state index contributed by atoms with van der Waals surface area (Å²) in [6, 6.07) is 6.93. The molecule has 1 aromatic carbocycles. The topological polar surface area (TPSA) is 70.1 Å². The van der Waals surface area contributed by atoms with Gasteiger partial charge in [-0.2, -0.15) is 0 Å². The van der Waals surface area contributed by atoms with Crippen molar-refractivity contribution < 1.29 is 19.4 Å². The predicted octanol–water partition coefficient (Wildman–Crippen LogP) is 0.733. The molecule has 0 saturated heterocycles. The van der Waals surface area contributed by atoms with Gasteiger partial charge in [0.25, 0.3) is 0 Å². The molecule has 0 aliphatic carbocycles. The van der Waals surface area contributed by atoms with Crippen molar-refractivity contribution in [3.63, 3.8) is 0 Å². The standard InChI is InChI=1S/C16H18N2O4/c19-15(18-7-3-5-13(18)16(20)21)11-17-8-9-22-14-6-2-1-4-12(14)10-17/h1-6,13H,7-11H2,(H,20,21)/t13-/m0/s1. The highest BCUT2D eigenvalue weighted by atomic mass is 16.5. The van der Waals surface area contributed by atoms with Crippen LogP contribution in [0.1, 0.15) is 5.56 Å². The number of carboxylic acid groups (broad SMARTS) is 1. The lowest BCUT2D eigenvalue weighted by atomic mass is 10.2. The normalized spacial score (nSPS) is 21.1. The van der Waals surface area contributed by atoms with Crippen LogP contribution < -0.4 is 4.74 Å². The smallest absolute Gasteiger partial charge is 0.330 e. The minimum absolute atomic E-state index is 0.170. The fraction of sp³-hybridized carbons (Fsp3) is 0.375. The van der Waals surface area contributed by atoms with Crippen molar-refractivity contribution in [2.24, 2.45) is 0 Å². The van der Waals surface area contributed by atoms with Crippen LogP contribution in [0.15, 0.2) is 36.4 Å². The maximum atomic E-state index is 12.4. The summed E-state index contributed by atoms with van der Waals surface area (Å²) in [4.78, 5) is 26.9. The van der Waals surface area contributed by atoms with Crippen LogP contribution in [0, 0.1) is 0 Å². The van der Waals surface area contributed by atoms with E-state index in [4.69, 9.17) is 9.84 Å². The SMILES string of the molecule is O=C(O)[C@@H]1C=CCN1C(=O)CN1CCOc2ccccc2C1. The van der Waals surface area contributed by atoms with Crippen LogP contribution in [0.4, 0.5) is 0 Å². The van der Waals surface area contributed by atoms with Gasteiger partial charge in [0, 0.05) is 25.2 Å². The number of aliphatic carboxylic acids is 1. The third kappa shape index (κ3) is 2.96. The first kappa shape index (κ1) is 14.6. The number of ether oxygens (including phenoxy) is 1. The molecule has 1 atom stereocenters. The molecule has 2 aliphatic heterocycles.